The van der Waals surface area contributed by atoms with Crippen LogP contribution in [0.15, 0.2) is 55.6 Å². The highest BCUT2D eigenvalue weighted by Gasteiger charge is 2.19. The van der Waals surface area contributed by atoms with Crippen LogP contribution in [0.1, 0.15) is 17.3 Å². The largest absolute Gasteiger partial charge is 0.405 e. The zero-order valence-corrected chi connectivity index (χ0v) is 15.9. The van der Waals surface area contributed by atoms with Gasteiger partial charge < -0.3 is 9.47 Å². The molecule has 4 heterocycles. The molecule has 0 fully saturated rings. The molecule has 0 radical (unpaired) electrons. The molecule has 12 nitrogen and oxygen atoms in total. The van der Waals surface area contributed by atoms with E-state index in [0.29, 0.717) is 16.9 Å². The van der Waals surface area contributed by atoms with Crippen molar-refractivity contribution in [3.8, 4) is 11.8 Å². The van der Waals surface area contributed by atoms with Crippen LogP contribution in [0.4, 0.5) is 0 Å². The maximum atomic E-state index is 12.4. The van der Waals surface area contributed by atoms with Crippen molar-refractivity contribution in [2.75, 3.05) is 0 Å². The smallest absolute Gasteiger partial charge is 0.344 e. The number of carbonyl (C=O) groups is 2. The van der Waals surface area contributed by atoms with Gasteiger partial charge in [0.05, 0.1) is 5.56 Å². The first-order chi connectivity index (χ1) is 15.1. The van der Waals surface area contributed by atoms with Crippen molar-refractivity contribution in [1.29, 1.82) is 0 Å². The summed E-state index contributed by atoms with van der Waals surface area (Å²) in [6.45, 7) is 1.27. The Morgan fingerprint density at radius 2 is 1.29 bits per heavy atom. The zero-order valence-electron chi connectivity index (χ0n) is 15.9. The first-order valence-electron chi connectivity index (χ1n) is 8.94. The average molecular weight is 416 g/mol. The van der Waals surface area contributed by atoms with Crippen LogP contribution in [0.5, 0.6) is 11.8 Å². The molecule has 0 spiro atoms. The average Bonchev–Trinajstić information content (AvgIpc) is 3.39. The Morgan fingerprint density at radius 3 is 1.84 bits per heavy atom. The molecule has 1 aromatic carbocycles. The van der Waals surface area contributed by atoms with E-state index in [0.717, 1.165) is 0 Å². The summed E-state index contributed by atoms with van der Waals surface area (Å²) < 4.78 is 13.6. The van der Waals surface area contributed by atoms with Gasteiger partial charge in [0.1, 0.15) is 25.3 Å². The van der Waals surface area contributed by atoms with Gasteiger partial charge in [0.15, 0.2) is 22.3 Å². The van der Waals surface area contributed by atoms with Gasteiger partial charge >= 0.3 is 11.9 Å². The van der Waals surface area contributed by atoms with Crippen LogP contribution in [0, 0.1) is 0 Å². The molecule has 0 N–H and O–H groups in total. The molecule has 0 atom stereocenters. The Labute approximate surface area is 173 Å². The third kappa shape index (κ3) is 3.21. The second-order valence-electron chi connectivity index (χ2n) is 6.23. The Kier molecular flexibility index (Phi) is 4.28. The van der Waals surface area contributed by atoms with E-state index in [2.05, 4.69) is 29.9 Å². The van der Waals surface area contributed by atoms with E-state index >= 15 is 0 Å². The molecule has 0 unspecified atom stereocenters. The fourth-order valence-electron chi connectivity index (χ4n) is 2.93. The molecule has 0 aliphatic carbocycles. The van der Waals surface area contributed by atoms with E-state index in [-0.39, 0.29) is 22.8 Å². The summed E-state index contributed by atoms with van der Waals surface area (Å²) >= 11 is 0. The molecule has 0 bridgehead atoms. The minimum absolute atomic E-state index is 0.0113. The van der Waals surface area contributed by atoms with Gasteiger partial charge in [-0.1, -0.05) is 18.2 Å². The molecule has 152 valence electrons. The summed E-state index contributed by atoms with van der Waals surface area (Å²) in [6, 6.07) is 8.54. The highest BCUT2D eigenvalue weighted by Crippen LogP contribution is 2.24. The second-order valence-corrected chi connectivity index (χ2v) is 6.23. The van der Waals surface area contributed by atoms with Crippen molar-refractivity contribution in [3.63, 3.8) is 0 Å². The third-order valence-electron chi connectivity index (χ3n) is 4.24. The van der Waals surface area contributed by atoms with Gasteiger partial charge in [-0.15, -0.1) is 0 Å². The number of aromatic nitrogens is 8. The van der Waals surface area contributed by atoms with E-state index in [1.807, 2.05) is 0 Å². The fraction of sp³-hybridized carbons (Fsp3) is 0.0526. The molecular weight excluding hydrogens is 404 g/mol. The van der Waals surface area contributed by atoms with E-state index in [1.54, 1.807) is 30.3 Å². The van der Waals surface area contributed by atoms with Crippen LogP contribution >= 0.6 is 0 Å². The van der Waals surface area contributed by atoms with Gasteiger partial charge in [0.2, 0.25) is 0 Å². The zero-order chi connectivity index (χ0) is 21.4. The number of rotatable bonds is 4. The van der Waals surface area contributed by atoms with Crippen molar-refractivity contribution in [2.24, 2.45) is 0 Å². The molecule has 5 rings (SSSR count). The summed E-state index contributed by atoms with van der Waals surface area (Å²) in [5.74, 6) is -1.05. The predicted molar refractivity (Wildman–Crippen MR) is 104 cm³/mol. The summed E-state index contributed by atoms with van der Waals surface area (Å²) in [7, 11) is 0. The second kappa shape index (κ2) is 7.26. The normalized spacial score (nSPS) is 11.0. The number of fused-ring (bicyclic) bond motifs is 2. The van der Waals surface area contributed by atoms with Crippen molar-refractivity contribution in [1.82, 2.24) is 39.3 Å². The van der Waals surface area contributed by atoms with Crippen LogP contribution in [0.3, 0.4) is 0 Å². The molecule has 4 aromatic heterocycles. The Hall–Kier alpha value is -4.74. The lowest BCUT2D eigenvalue weighted by atomic mass is 10.2. The standard InChI is InChI=1S/C19H12N8O4/c1-11(28)30-17-13-15(20-7-22-17)26(9-24-13)27-10-25-14-16(27)21-8-23-18(14)31-19(29)12-5-3-2-4-6-12/h2-10H,1H3. The molecule has 0 amide bonds. The quantitative estimate of drug-likeness (QED) is 0.395. The maximum absolute atomic E-state index is 12.4. The molecule has 0 saturated carbocycles. The van der Waals surface area contributed by atoms with Crippen LogP contribution in [-0.2, 0) is 4.79 Å². The van der Waals surface area contributed by atoms with Gasteiger partial charge in [-0.3, -0.25) is 4.79 Å². The highest BCUT2D eigenvalue weighted by molar-refractivity contribution is 5.92. The Bertz CT molecular complexity index is 1440. The topological polar surface area (TPSA) is 140 Å². The summed E-state index contributed by atoms with van der Waals surface area (Å²) in [5, 5.41) is 0. The molecule has 5 aromatic rings. The number of ether oxygens (including phenoxy) is 2. The van der Waals surface area contributed by atoms with Crippen molar-refractivity contribution >= 4 is 34.3 Å². The van der Waals surface area contributed by atoms with Crippen LogP contribution in [0.2, 0.25) is 0 Å². The van der Waals surface area contributed by atoms with Crippen molar-refractivity contribution < 1.29 is 19.1 Å². The Balaban J connectivity index is 1.56. The maximum Gasteiger partial charge on any atom is 0.344 e. The molecule has 31 heavy (non-hydrogen) atoms. The van der Waals surface area contributed by atoms with Crippen molar-refractivity contribution in [3.05, 3.63) is 61.2 Å². The lowest BCUT2D eigenvalue weighted by Gasteiger charge is -2.06. The first kappa shape index (κ1) is 18.3. The number of esters is 2. The molecule has 0 saturated heterocycles. The number of nitrogens with zero attached hydrogens (tertiary/aromatic N) is 8. The molecule has 0 aliphatic heterocycles. The number of imidazole rings is 2. The lowest BCUT2D eigenvalue weighted by molar-refractivity contribution is -0.132. The van der Waals surface area contributed by atoms with Gasteiger partial charge in [0, 0.05) is 6.92 Å². The number of hydrogen-bond donors (Lipinski definition) is 0. The fourth-order valence-corrected chi connectivity index (χ4v) is 2.93. The summed E-state index contributed by atoms with van der Waals surface area (Å²) in [5.41, 5.74) is 1.63. The van der Waals surface area contributed by atoms with E-state index < -0.39 is 11.9 Å². The monoisotopic (exact) mass is 416 g/mol. The lowest BCUT2D eigenvalue weighted by Crippen LogP contribution is -2.11. The molecule has 12 heteroatoms. The van der Waals surface area contributed by atoms with Crippen LogP contribution < -0.4 is 9.47 Å². The number of hydrogen-bond acceptors (Lipinski definition) is 10. The summed E-state index contributed by atoms with van der Waals surface area (Å²) in [6.07, 6.45) is 5.41. The minimum atomic E-state index is -0.568. The first-order valence-corrected chi connectivity index (χ1v) is 8.94. The van der Waals surface area contributed by atoms with Gasteiger partial charge in [-0.25, -0.2) is 34.1 Å². The third-order valence-corrected chi connectivity index (χ3v) is 4.24. The van der Waals surface area contributed by atoms with Gasteiger partial charge in [0.25, 0.3) is 11.8 Å². The summed E-state index contributed by atoms with van der Waals surface area (Å²) in [4.78, 5) is 48.6. The SMILES string of the molecule is CC(=O)Oc1ncnc2c1ncn2-n1cnc2c(OC(=O)c3ccccc3)ncnc21. The Morgan fingerprint density at radius 1 is 0.742 bits per heavy atom. The van der Waals surface area contributed by atoms with E-state index in [4.69, 9.17) is 9.47 Å². The van der Waals surface area contributed by atoms with Gasteiger partial charge in [-0.2, -0.15) is 9.97 Å². The van der Waals surface area contributed by atoms with E-state index in [1.165, 1.54) is 41.6 Å². The number of benzene rings is 1. The molecular formula is C19H12N8O4. The predicted octanol–water partition coefficient (Wildman–Crippen LogP) is 1.42. The van der Waals surface area contributed by atoms with Crippen molar-refractivity contribution in [2.45, 2.75) is 6.92 Å². The molecule has 0 aliphatic rings. The van der Waals surface area contributed by atoms with Crippen LogP contribution in [-0.4, -0.2) is 51.2 Å². The highest BCUT2D eigenvalue weighted by atomic mass is 16.5. The number of carbonyl (C=O) groups excluding carboxylic acids is 2. The van der Waals surface area contributed by atoms with E-state index in [9.17, 15) is 9.59 Å². The minimum Gasteiger partial charge on any atom is -0.405 e. The van der Waals surface area contributed by atoms with Gasteiger partial charge in [-0.05, 0) is 12.1 Å². The van der Waals surface area contributed by atoms with Crippen LogP contribution in [0.25, 0.3) is 22.3 Å².